The zero-order valence-corrected chi connectivity index (χ0v) is 15.9. The lowest BCUT2D eigenvalue weighted by molar-refractivity contribution is -0.141. The third kappa shape index (κ3) is 3.74. The summed E-state index contributed by atoms with van der Waals surface area (Å²) in [7, 11) is 1.11. The van der Waals surface area contributed by atoms with E-state index >= 15 is 0 Å². The van der Waals surface area contributed by atoms with Crippen molar-refractivity contribution in [2.75, 3.05) is 5.32 Å². The standard InChI is InChI=1S/C18H11F6N7O/c1-31-15(16(32)27-8-2-5-26-11(6-8)17(19,20)21)12(18(22,23)24)14(30-31)13-9-7-25-4-3-10(9)28-29-13/h2-7H,1H3,(H,28,29)(H,26,27,32). The van der Waals surface area contributed by atoms with E-state index in [1.165, 1.54) is 18.5 Å². The number of pyridine rings is 2. The molecule has 0 spiro atoms. The number of amides is 1. The third-order valence-corrected chi connectivity index (χ3v) is 4.44. The molecule has 4 aromatic rings. The highest BCUT2D eigenvalue weighted by Crippen LogP contribution is 2.40. The van der Waals surface area contributed by atoms with Crippen LogP contribution >= 0.6 is 0 Å². The van der Waals surface area contributed by atoms with Crippen molar-refractivity contribution in [2.45, 2.75) is 12.4 Å². The first-order chi connectivity index (χ1) is 15.0. The Bertz CT molecular complexity index is 1320. The molecule has 8 nitrogen and oxygen atoms in total. The van der Waals surface area contributed by atoms with Crippen LogP contribution in [0.3, 0.4) is 0 Å². The topological polar surface area (TPSA) is 101 Å². The zero-order chi connectivity index (χ0) is 23.3. The van der Waals surface area contributed by atoms with Crippen LogP contribution in [-0.4, -0.2) is 35.9 Å². The highest BCUT2D eigenvalue weighted by Gasteiger charge is 2.43. The van der Waals surface area contributed by atoms with E-state index in [1.54, 1.807) is 0 Å². The molecule has 0 fully saturated rings. The first-order valence-corrected chi connectivity index (χ1v) is 8.74. The lowest BCUT2D eigenvalue weighted by atomic mass is 10.1. The maximum atomic E-state index is 14.0. The molecule has 0 saturated heterocycles. The number of alkyl halides is 6. The fraction of sp³-hybridized carbons (Fsp3) is 0.167. The van der Waals surface area contributed by atoms with Gasteiger partial charge in [-0.3, -0.25) is 24.5 Å². The molecule has 2 N–H and O–H groups in total. The second-order valence-electron chi connectivity index (χ2n) is 6.57. The number of nitrogens with zero attached hydrogens (tertiary/aromatic N) is 5. The second kappa shape index (κ2) is 7.32. The predicted octanol–water partition coefficient (Wildman–Crippen LogP) is 4.04. The van der Waals surface area contributed by atoms with Crippen molar-refractivity contribution < 1.29 is 31.1 Å². The van der Waals surface area contributed by atoms with Crippen molar-refractivity contribution in [3.63, 3.8) is 0 Å². The van der Waals surface area contributed by atoms with Gasteiger partial charge in [0.2, 0.25) is 0 Å². The minimum absolute atomic E-state index is 0.182. The highest BCUT2D eigenvalue weighted by atomic mass is 19.4. The largest absolute Gasteiger partial charge is 0.433 e. The van der Waals surface area contributed by atoms with Gasteiger partial charge in [-0.25, -0.2) is 0 Å². The van der Waals surface area contributed by atoms with Crippen molar-refractivity contribution in [1.29, 1.82) is 0 Å². The summed E-state index contributed by atoms with van der Waals surface area (Å²) in [6.45, 7) is 0. The first kappa shape index (κ1) is 21.3. The van der Waals surface area contributed by atoms with Crippen molar-refractivity contribution >= 4 is 22.5 Å². The molecule has 0 aliphatic rings. The zero-order valence-electron chi connectivity index (χ0n) is 15.9. The minimum atomic E-state index is -5.03. The van der Waals surface area contributed by atoms with E-state index in [2.05, 4.69) is 25.3 Å². The fourth-order valence-electron chi connectivity index (χ4n) is 3.11. The minimum Gasteiger partial charge on any atom is -0.321 e. The Morgan fingerprint density at radius 3 is 2.50 bits per heavy atom. The van der Waals surface area contributed by atoms with E-state index in [0.717, 1.165) is 19.3 Å². The molecule has 0 aromatic carbocycles. The van der Waals surface area contributed by atoms with E-state index in [9.17, 15) is 31.1 Å². The molecule has 1 amide bonds. The van der Waals surface area contributed by atoms with Crippen molar-refractivity contribution in [3.8, 4) is 11.4 Å². The normalized spacial score (nSPS) is 12.3. The SMILES string of the molecule is Cn1nc(-c2n[nH]c3ccncc23)c(C(F)(F)F)c1C(=O)Nc1ccnc(C(F)(F)F)c1. The first-order valence-electron chi connectivity index (χ1n) is 8.74. The number of H-pyrrole nitrogens is 1. The smallest absolute Gasteiger partial charge is 0.321 e. The van der Waals surface area contributed by atoms with Gasteiger partial charge >= 0.3 is 12.4 Å². The molecule has 0 bridgehead atoms. The summed E-state index contributed by atoms with van der Waals surface area (Å²) >= 11 is 0. The molecule has 4 aromatic heterocycles. The van der Waals surface area contributed by atoms with Gasteiger partial charge in [0.1, 0.15) is 28.3 Å². The van der Waals surface area contributed by atoms with Crippen molar-refractivity contribution in [3.05, 3.63) is 53.7 Å². The summed E-state index contributed by atoms with van der Waals surface area (Å²) in [6.07, 6.45) is -6.35. The molecule has 0 unspecified atom stereocenters. The Morgan fingerprint density at radius 1 is 1.06 bits per heavy atom. The summed E-state index contributed by atoms with van der Waals surface area (Å²) in [6, 6.07) is 3.03. The van der Waals surface area contributed by atoms with Gasteiger partial charge in [0.25, 0.3) is 5.91 Å². The van der Waals surface area contributed by atoms with Crippen LogP contribution < -0.4 is 5.32 Å². The van der Waals surface area contributed by atoms with E-state index < -0.39 is 40.9 Å². The molecule has 0 atom stereocenters. The van der Waals surface area contributed by atoms with Crippen LogP contribution in [0.4, 0.5) is 32.0 Å². The van der Waals surface area contributed by atoms with Crippen LogP contribution in [0.15, 0.2) is 36.8 Å². The monoisotopic (exact) mass is 455 g/mol. The Morgan fingerprint density at radius 2 is 1.81 bits per heavy atom. The lowest BCUT2D eigenvalue weighted by Crippen LogP contribution is -2.21. The number of carbonyl (C=O) groups is 1. The van der Waals surface area contributed by atoms with Gasteiger partial charge in [-0.2, -0.15) is 36.5 Å². The summed E-state index contributed by atoms with van der Waals surface area (Å²) in [5.74, 6) is -1.31. The van der Waals surface area contributed by atoms with Gasteiger partial charge < -0.3 is 5.32 Å². The van der Waals surface area contributed by atoms with Crippen LogP contribution in [0.25, 0.3) is 22.3 Å². The van der Waals surface area contributed by atoms with E-state index in [4.69, 9.17) is 0 Å². The molecule has 4 rings (SSSR count). The van der Waals surface area contributed by atoms with E-state index in [1.807, 2.05) is 5.32 Å². The number of halogens is 6. The van der Waals surface area contributed by atoms with Crippen LogP contribution in [0.5, 0.6) is 0 Å². The number of anilines is 1. The summed E-state index contributed by atoms with van der Waals surface area (Å²) < 4.78 is 81.2. The number of nitrogens with one attached hydrogen (secondary N) is 2. The number of carbonyl (C=O) groups excluding carboxylic acids is 1. The van der Waals surface area contributed by atoms with Crippen LogP contribution in [0, 0.1) is 0 Å². The average Bonchev–Trinajstić information content (AvgIpc) is 3.28. The molecule has 0 aliphatic carbocycles. The molecule has 32 heavy (non-hydrogen) atoms. The van der Waals surface area contributed by atoms with Gasteiger partial charge in [-0.1, -0.05) is 0 Å². The molecule has 0 saturated carbocycles. The molecule has 14 heteroatoms. The number of rotatable bonds is 3. The van der Waals surface area contributed by atoms with Crippen LogP contribution in [0.2, 0.25) is 0 Å². The number of aromatic amines is 1. The Kier molecular flexibility index (Phi) is 4.86. The van der Waals surface area contributed by atoms with Gasteiger partial charge in [-0.05, 0) is 18.2 Å². The highest BCUT2D eigenvalue weighted by molar-refractivity contribution is 6.06. The Balaban J connectivity index is 1.81. The van der Waals surface area contributed by atoms with E-state index in [0.29, 0.717) is 16.3 Å². The molecule has 0 aliphatic heterocycles. The summed E-state index contributed by atoms with van der Waals surface area (Å²) in [4.78, 5) is 19.7. The molecule has 166 valence electrons. The number of hydrogen-bond acceptors (Lipinski definition) is 5. The van der Waals surface area contributed by atoms with Crippen LogP contribution in [-0.2, 0) is 19.4 Å². The second-order valence-corrected chi connectivity index (χ2v) is 6.57. The molecule has 4 heterocycles. The molecular weight excluding hydrogens is 444 g/mol. The number of aromatic nitrogens is 6. The van der Waals surface area contributed by atoms with Gasteiger partial charge in [0.15, 0.2) is 0 Å². The number of aryl methyl sites for hydroxylation is 1. The maximum absolute atomic E-state index is 14.0. The van der Waals surface area contributed by atoms with Gasteiger partial charge in [0.05, 0.1) is 5.52 Å². The summed E-state index contributed by atoms with van der Waals surface area (Å²) in [5, 5.41) is 12.5. The van der Waals surface area contributed by atoms with Crippen LogP contribution in [0.1, 0.15) is 21.7 Å². The Labute approximate surface area is 174 Å². The quantitative estimate of drug-likeness (QED) is 0.454. The van der Waals surface area contributed by atoms with Gasteiger partial charge in [0, 0.05) is 36.7 Å². The summed E-state index contributed by atoms with van der Waals surface area (Å²) in [5.41, 5.74) is -4.40. The van der Waals surface area contributed by atoms with Gasteiger partial charge in [-0.15, -0.1) is 0 Å². The van der Waals surface area contributed by atoms with Crippen molar-refractivity contribution in [2.24, 2.45) is 7.05 Å². The Hall–Kier alpha value is -3.97. The molecule has 0 radical (unpaired) electrons. The predicted molar refractivity (Wildman–Crippen MR) is 98.3 cm³/mol. The van der Waals surface area contributed by atoms with Crippen molar-refractivity contribution in [1.82, 2.24) is 29.9 Å². The van der Waals surface area contributed by atoms with E-state index in [-0.39, 0.29) is 16.8 Å². The fourth-order valence-corrected chi connectivity index (χ4v) is 3.11. The maximum Gasteiger partial charge on any atom is 0.433 e. The molecular formula is C18H11F6N7O. The average molecular weight is 455 g/mol. The third-order valence-electron chi connectivity index (χ3n) is 4.44. The number of hydrogen-bond donors (Lipinski definition) is 2. The lowest BCUT2D eigenvalue weighted by Gasteiger charge is -2.12. The number of fused-ring (bicyclic) bond motifs is 1.